The number of carbonyl (C=O) groups excluding carboxylic acids is 1. The minimum Gasteiger partial charge on any atom is -0.377 e. The molecule has 0 atom stereocenters. The first kappa shape index (κ1) is 20.7. The highest BCUT2D eigenvalue weighted by Crippen LogP contribution is 2.28. The second kappa shape index (κ2) is 9.13. The minimum atomic E-state index is -0.335. The predicted molar refractivity (Wildman–Crippen MR) is 125 cm³/mol. The molecule has 0 bridgehead atoms. The fourth-order valence-electron chi connectivity index (χ4n) is 3.60. The number of urea groups is 1. The van der Waals surface area contributed by atoms with Crippen LogP contribution in [0.2, 0.25) is 0 Å². The normalized spacial score (nSPS) is 13.5. The van der Waals surface area contributed by atoms with Crippen molar-refractivity contribution in [2.24, 2.45) is 0 Å². The topological polar surface area (TPSA) is 120 Å². The van der Waals surface area contributed by atoms with E-state index in [1.54, 1.807) is 29.2 Å². The maximum atomic E-state index is 12.2. The Hall–Kier alpha value is -4.18. The van der Waals surface area contributed by atoms with Crippen molar-refractivity contribution < 1.29 is 9.53 Å². The second-order valence-electron chi connectivity index (χ2n) is 7.42. The van der Waals surface area contributed by atoms with Gasteiger partial charge in [-0.1, -0.05) is 11.3 Å². The summed E-state index contributed by atoms with van der Waals surface area (Å²) in [4.78, 5) is 25.8. The Labute approximate surface area is 189 Å². The van der Waals surface area contributed by atoms with E-state index >= 15 is 0 Å². The van der Waals surface area contributed by atoms with Crippen molar-refractivity contribution in [3.63, 3.8) is 0 Å². The number of anilines is 2. The van der Waals surface area contributed by atoms with Gasteiger partial charge in [0, 0.05) is 35.9 Å². The Bertz CT molecular complexity index is 1320. The number of amides is 2. The zero-order valence-corrected chi connectivity index (χ0v) is 18.0. The van der Waals surface area contributed by atoms with Crippen LogP contribution in [-0.4, -0.2) is 49.2 Å². The van der Waals surface area contributed by atoms with Gasteiger partial charge in [-0.2, -0.15) is 0 Å². The molecule has 5 rings (SSSR count). The quantitative estimate of drug-likeness (QED) is 0.483. The van der Waals surface area contributed by atoms with Crippen molar-refractivity contribution in [1.29, 1.82) is 0 Å². The maximum Gasteiger partial charge on any atom is 0.323 e. The zero-order valence-electron chi connectivity index (χ0n) is 18.0. The van der Waals surface area contributed by atoms with E-state index in [2.05, 4.69) is 25.9 Å². The number of rotatable bonds is 5. The largest absolute Gasteiger partial charge is 0.377 e. The molecule has 0 unspecified atom stereocenters. The van der Waals surface area contributed by atoms with Crippen LogP contribution >= 0.6 is 0 Å². The highest BCUT2D eigenvalue weighted by Gasteiger charge is 2.19. The molecule has 33 heavy (non-hydrogen) atoms. The molecule has 4 aromatic rings. The molecule has 2 amide bonds. The van der Waals surface area contributed by atoms with Gasteiger partial charge in [-0.15, -0.1) is 5.10 Å². The number of benzene rings is 1. The Morgan fingerprint density at radius 2 is 1.82 bits per heavy atom. The smallest absolute Gasteiger partial charge is 0.323 e. The number of nitrogens with zero attached hydrogens (tertiary/aromatic N) is 6. The van der Waals surface area contributed by atoms with E-state index in [0.29, 0.717) is 48.1 Å². The third-order valence-electron chi connectivity index (χ3n) is 5.27. The molecule has 0 radical (unpaired) electrons. The number of ether oxygens (including phenoxy) is 1. The fourth-order valence-corrected chi connectivity index (χ4v) is 3.60. The van der Waals surface area contributed by atoms with Crippen molar-refractivity contribution >= 4 is 34.1 Å². The highest BCUT2D eigenvalue weighted by atomic mass is 16.5. The lowest BCUT2D eigenvalue weighted by atomic mass is 10.1. The van der Waals surface area contributed by atoms with Crippen LogP contribution in [0, 0.1) is 0 Å². The van der Waals surface area contributed by atoms with Gasteiger partial charge in [0.1, 0.15) is 5.69 Å². The van der Waals surface area contributed by atoms with Crippen molar-refractivity contribution in [3.8, 4) is 11.4 Å². The van der Waals surface area contributed by atoms with E-state index in [9.17, 15) is 4.79 Å². The van der Waals surface area contributed by atoms with Crippen LogP contribution in [0.5, 0.6) is 0 Å². The summed E-state index contributed by atoms with van der Waals surface area (Å²) in [6, 6.07) is 10.5. The summed E-state index contributed by atoms with van der Waals surface area (Å²) >= 11 is 0. The standard InChI is InChI=1S/C23H22N8O2/c1-2-31-22-20(29-30-31)19(15-9-13-33-14-10-15)27-21(28-22)16-3-5-17(6-4-16)25-23(32)26-18-7-11-24-12-8-18/h3-9,11-12H,2,10,13-14H2,1H3,(H2,24,25,26,32). The molecular formula is C23H22N8O2. The molecule has 0 aliphatic carbocycles. The first-order valence-corrected chi connectivity index (χ1v) is 10.7. The third kappa shape index (κ3) is 4.41. The Morgan fingerprint density at radius 1 is 1.06 bits per heavy atom. The number of aromatic nitrogens is 6. The first-order chi connectivity index (χ1) is 16.2. The summed E-state index contributed by atoms with van der Waals surface area (Å²) < 4.78 is 7.22. The van der Waals surface area contributed by atoms with Gasteiger partial charge in [0.2, 0.25) is 0 Å². The summed E-state index contributed by atoms with van der Waals surface area (Å²) in [6.07, 6.45) is 6.03. The monoisotopic (exact) mass is 442 g/mol. The van der Waals surface area contributed by atoms with Gasteiger partial charge in [-0.05, 0) is 55.3 Å². The van der Waals surface area contributed by atoms with Gasteiger partial charge < -0.3 is 15.4 Å². The van der Waals surface area contributed by atoms with Crippen LogP contribution in [0.25, 0.3) is 28.1 Å². The molecule has 10 heteroatoms. The Morgan fingerprint density at radius 3 is 2.52 bits per heavy atom. The molecule has 0 saturated carbocycles. The molecule has 4 heterocycles. The number of nitrogens with one attached hydrogen (secondary N) is 2. The van der Waals surface area contributed by atoms with Crippen molar-refractivity contribution in [1.82, 2.24) is 29.9 Å². The van der Waals surface area contributed by atoms with Gasteiger partial charge in [0.25, 0.3) is 0 Å². The van der Waals surface area contributed by atoms with Gasteiger partial charge in [0.15, 0.2) is 17.0 Å². The molecule has 0 saturated heterocycles. The van der Waals surface area contributed by atoms with E-state index in [-0.39, 0.29) is 6.03 Å². The van der Waals surface area contributed by atoms with Crippen LogP contribution in [0.15, 0.2) is 54.9 Å². The van der Waals surface area contributed by atoms with Crippen molar-refractivity contribution in [2.45, 2.75) is 19.9 Å². The number of aryl methyl sites for hydroxylation is 1. The highest BCUT2D eigenvalue weighted by molar-refractivity contribution is 5.99. The number of pyridine rings is 1. The van der Waals surface area contributed by atoms with Gasteiger partial charge in [-0.25, -0.2) is 19.4 Å². The summed E-state index contributed by atoms with van der Waals surface area (Å²) in [5, 5.41) is 14.1. The molecule has 1 aliphatic heterocycles. The summed E-state index contributed by atoms with van der Waals surface area (Å²) in [5.41, 5.74) is 5.41. The Balaban J connectivity index is 1.43. The number of carbonyl (C=O) groups is 1. The maximum absolute atomic E-state index is 12.2. The molecule has 0 fully saturated rings. The average molecular weight is 442 g/mol. The van der Waals surface area contributed by atoms with Crippen molar-refractivity contribution in [3.05, 3.63) is 60.6 Å². The van der Waals surface area contributed by atoms with E-state index < -0.39 is 0 Å². The van der Waals surface area contributed by atoms with E-state index in [0.717, 1.165) is 23.3 Å². The predicted octanol–water partition coefficient (Wildman–Crippen LogP) is 3.75. The first-order valence-electron chi connectivity index (χ1n) is 10.7. The van der Waals surface area contributed by atoms with Crippen LogP contribution in [0.1, 0.15) is 19.0 Å². The van der Waals surface area contributed by atoms with E-state index in [4.69, 9.17) is 14.7 Å². The van der Waals surface area contributed by atoms with Crippen LogP contribution < -0.4 is 10.6 Å². The van der Waals surface area contributed by atoms with Crippen LogP contribution in [0.4, 0.5) is 16.2 Å². The van der Waals surface area contributed by atoms with Crippen LogP contribution in [-0.2, 0) is 11.3 Å². The molecular weight excluding hydrogens is 420 g/mol. The fraction of sp³-hybridized carbons (Fsp3) is 0.217. The second-order valence-corrected chi connectivity index (χ2v) is 7.42. The number of fused-ring (bicyclic) bond motifs is 1. The number of hydrogen-bond donors (Lipinski definition) is 2. The van der Waals surface area contributed by atoms with Gasteiger partial charge >= 0.3 is 6.03 Å². The van der Waals surface area contributed by atoms with Crippen LogP contribution in [0.3, 0.4) is 0 Å². The lowest BCUT2D eigenvalue weighted by Gasteiger charge is -2.14. The van der Waals surface area contributed by atoms with Gasteiger partial charge in [0.05, 0.1) is 13.2 Å². The zero-order chi connectivity index (χ0) is 22.6. The number of hydrogen-bond acceptors (Lipinski definition) is 7. The summed E-state index contributed by atoms with van der Waals surface area (Å²) in [5.74, 6) is 0.578. The summed E-state index contributed by atoms with van der Waals surface area (Å²) in [7, 11) is 0. The molecule has 2 N–H and O–H groups in total. The minimum absolute atomic E-state index is 0.335. The summed E-state index contributed by atoms with van der Waals surface area (Å²) in [6.45, 7) is 3.86. The van der Waals surface area contributed by atoms with Crippen molar-refractivity contribution in [2.75, 3.05) is 23.8 Å². The SMILES string of the molecule is CCn1nnc2c(C3=CCOCC3)nc(-c3ccc(NC(=O)Nc4ccncc4)cc3)nc21. The lowest BCUT2D eigenvalue weighted by Crippen LogP contribution is -2.19. The molecule has 10 nitrogen and oxygen atoms in total. The molecule has 166 valence electrons. The van der Waals surface area contributed by atoms with Gasteiger partial charge in [-0.3, -0.25) is 4.98 Å². The Kier molecular flexibility index (Phi) is 5.73. The molecule has 0 spiro atoms. The molecule has 1 aromatic carbocycles. The molecule has 3 aromatic heterocycles. The van der Waals surface area contributed by atoms with E-state index in [1.165, 1.54) is 0 Å². The average Bonchev–Trinajstić information content (AvgIpc) is 3.28. The van der Waals surface area contributed by atoms with E-state index in [1.807, 2.05) is 37.3 Å². The molecule has 1 aliphatic rings. The third-order valence-corrected chi connectivity index (χ3v) is 5.27. The lowest BCUT2D eigenvalue weighted by molar-refractivity contribution is 0.161.